The maximum atomic E-state index is 11.1. The van der Waals surface area contributed by atoms with Crippen LogP contribution in [0.4, 0.5) is 5.69 Å². The molecule has 0 bridgehead atoms. The Morgan fingerprint density at radius 3 is 2.75 bits per heavy atom. The Morgan fingerprint density at radius 1 is 1.50 bits per heavy atom. The van der Waals surface area contributed by atoms with E-state index in [1.54, 1.807) is 6.07 Å². The summed E-state index contributed by atoms with van der Waals surface area (Å²) in [6.45, 7) is 2.95. The van der Waals surface area contributed by atoms with Gasteiger partial charge in [0, 0.05) is 13.6 Å². The molecule has 2 rings (SSSR count). The molecule has 0 amide bonds. The third-order valence-electron chi connectivity index (χ3n) is 3.02. The number of benzene rings is 1. The predicted molar refractivity (Wildman–Crippen MR) is 64.1 cm³/mol. The summed E-state index contributed by atoms with van der Waals surface area (Å²) in [5.74, 6) is -0.0928. The number of aromatic carboxylic acids is 1. The number of nitrogens with zero attached hydrogens (tertiary/aromatic N) is 1. The molecule has 1 N–H and O–H groups in total. The standard InChI is InChI=1S/C13H17NO2/c1-9-3-6-11(13(15)16)12(7-9)14(2)8-10-4-5-10/h3,6-7,10H,4-5,8H2,1-2H3,(H,15,16). The minimum absolute atomic E-state index is 0.397. The maximum Gasteiger partial charge on any atom is 0.337 e. The van der Waals surface area contributed by atoms with Gasteiger partial charge < -0.3 is 10.0 Å². The number of rotatable bonds is 4. The maximum absolute atomic E-state index is 11.1. The molecular weight excluding hydrogens is 202 g/mol. The van der Waals surface area contributed by atoms with Gasteiger partial charge in [0.2, 0.25) is 0 Å². The van der Waals surface area contributed by atoms with Crippen LogP contribution in [0.2, 0.25) is 0 Å². The van der Waals surface area contributed by atoms with Gasteiger partial charge in [-0.2, -0.15) is 0 Å². The Bertz CT molecular complexity index is 410. The molecule has 3 nitrogen and oxygen atoms in total. The molecule has 0 saturated heterocycles. The fraction of sp³-hybridized carbons (Fsp3) is 0.462. The fourth-order valence-corrected chi connectivity index (χ4v) is 1.92. The average molecular weight is 219 g/mol. The first-order chi connectivity index (χ1) is 7.58. The fourth-order valence-electron chi connectivity index (χ4n) is 1.92. The summed E-state index contributed by atoms with van der Waals surface area (Å²) in [4.78, 5) is 13.2. The second-order valence-electron chi connectivity index (χ2n) is 4.65. The molecule has 1 aromatic rings. The van der Waals surface area contributed by atoms with Crippen molar-refractivity contribution in [1.29, 1.82) is 0 Å². The molecule has 3 heteroatoms. The summed E-state index contributed by atoms with van der Waals surface area (Å²) in [5.41, 5.74) is 2.33. The molecule has 1 fully saturated rings. The van der Waals surface area contributed by atoms with Crippen molar-refractivity contribution in [3.63, 3.8) is 0 Å². The lowest BCUT2D eigenvalue weighted by atomic mass is 10.1. The number of carboxylic acid groups (broad SMARTS) is 1. The quantitative estimate of drug-likeness (QED) is 0.846. The summed E-state index contributed by atoms with van der Waals surface area (Å²) in [5, 5.41) is 9.13. The Labute approximate surface area is 95.7 Å². The van der Waals surface area contributed by atoms with Gasteiger partial charge in [0.15, 0.2) is 0 Å². The van der Waals surface area contributed by atoms with Gasteiger partial charge in [0.05, 0.1) is 11.3 Å². The van der Waals surface area contributed by atoms with Gasteiger partial charge in [-0.3, -0.25) is 0 Å². The van der Waals surface area contributed by atoms with Crippen LogP contribution in [0.25, 0.3) is 0 Å². The van der Waals surface area contributed by atoms with Crippen molar-refractivity contribution in [2.45, 2.75) is 19.8 Å². The molecule has 16 heavy (non-hydrogen) atoms. The lowest BCUT2D eigenvalue weighted by molar-refractivity contribution is 0.0697. The number of hydrogen-bond donors (Lipinski definition) is 1. The molecule has 0 spiro atoms. The topological polar surface area (TPSA) is 40.5 Å². The van der Waals surface area contributed by atoms with E-state index >= 15 is 0 Å². The van der Waals surface area contributed by atoms with Gasteiger partial charge in [-0.15, -0.1) is 0 Å². The summed E-state index contributed by atoms with van der Waals surface area (Å²) >= 11 is 0. The molecule has 1 saturated carbocycles. The molecule has 0 radical (unpaired) electrons. The largest absolute Gasteiger partial charge is 0.478 e. The first-order valence-corrected chi connectivity index (χ1v) is 5.63. The van der Waals surface area contributed by atoms with Crippen LogP contribution >= 0.6 is 0 Å². The molecule has 0 atom stereocenters. The second kappa shape index (κ2) is 4.16. The summed E-state index contributed by atoms with van der Waals surface area (Å²) in [6.07, 6.45) is 2.55. The van der Waals surface area contributed by atoms with Gasteiger partial charge in [-0.25, -0.2) is 4.79 Å². The van der Waals surface area contributed by atoms with Crippen molar-refractivity contribution in [3.8, 4) is 0 Å². The lowest BCUT2D eigenvalue weighted by Crippen LogP contribution is -2.22. The van der Waals surface area contributed by atoms with Gasteiger partial charge in [-0.1, -0.05) is 6.07 Å². The molecule has 0 aliphatic heterocycles. The van der Waals surface area contributed by atoms with Crippen LogP contribution in [0.1, 0.15) is 28.8 Å². The molecule has 0 heterocycles. The van der Waals surface area contributed by atoms with Crippen molar-refractivity contribution in [2.75, 3.05) is 18.5 Å². The van der Waals surface area contributed by atoms with E-state index in [1.807, 2.05) is 26.1 Å². The third-order valence-corrected chi connectivity index (χ3v) is 3.02. The first-order valence-electron chi connectivity index (χ1n) is 5.63. The lowest BCUT2D eigenvalue weighted by Gasteiger charge is -2.21. The smallest absolute Gasteiger partial charge is 0.337 e. The Hall–Kier alpha value is -1.51. The molecule has 0 unspecified atom stereocenters. The SMILES string of the molecule is Cc1ccc(C(=O)O)c(N(C)CC2CC2)c1. The van der Waals surface area contributed by atoms with Crippen molar-refractivity contribution in [3.05, 3.63) is 29.3 Å². The number of carbonyl (C=O) groups is 1. The summed E-state index contributed by atoms with van der Waals surface area (Å²) in [6, 6.07) is 5.49. The van der Waals surface area contributed by atoms with Crippen LogP contribution in [-0.2, 0) is 0 Å². The van der Waals surface area contributed by atoms with Crippen molar-refractivity contribution in [1.82, 2.24) is 0 Å². The number of carboxylic acids is 1. The number of anilines is 1. The van der Waals surface area contributed by atoms with Crippen molar-refractivity contribution >= 4 is 11.7 Å². The summed E-state index contributed by atoms with van der Waals surface area (Å²) in [7, 11) is 1.97. The van der Waals surface area contributed by atoms with E-state index in [0.29, 0.717) is 5.56 Å². The normalized spacial score (nSPS) is 14.9. The predicted octanol–water partition coefficient (Wildman–Crippen LogP) is 2.54. The van der Waals surface area contributed by atoms with E-state index in [4.69, 9.17) is 5.11 Å². The van der Waals surface area contributed by atoms with Crippen LogP contribution in [0.3, 0.4) is 0 Å². The van der Waals surface area contributed by atoms with Crippen LogP contribution in [0, 0.1) is 12.8 Å². The Kier molecular flexibility index (Phi) is 2.86. The van der Waals surface area contributed by atoms with Gasteiger partial charge in [-0.05, 0) is 43.4 Å². The van der Waals surface area contributed by atoms with Gasteiger partial charge in [0.1, 0.15) is 0 Å². The third kappa shape index (κ3) is 2.35. The second-order valence-corrected chi connectivity index (χ2v) is 4.65. The molecule has 1 aliphatic rings. The van der Waals surface area contributed by atoms with Crippen molar-refractivity contribution < 1.29 is 9.90 Å². The first kappa shape index (κ1) is 11.0. The zero-order valence-corrected chi connectivity index (χ0v) is 9.73. The molecular formula is C13H17NO2. The molecule has 1 aromatic carbocycles. The highest BCUT2D eigenvalue weighted by Gasteiger charge is 2.24. The van der Waals surface area contributed by atoms with Crippen molar-refractivity contribution in [2.24, 2.45) is 5.92 Å². The van der Waals surface area contributed by atoms with Crippen LogP contribution in [-0.4, -0.2) is 24.7 Å². The van der Waals surface area contributed by atoms with E-state index in [2.05, 4.69) is 4.90 Å². The molecule has 86 valence electrons. The van der Waals surface area contributed by atoms with Crippen LogP contribution in [0.5, 0.6) is 0 Å². The van der Waals surface area contributed by atoms with Gasteiger partial charge in [0.25, 0.3) is 0 Å². The van der Waals surface area contributed by atoms with E-state index < -0.39 is 5.97 Å². The van der Waals surface area contributed by atoms with Gasteiger partial charge >= 0.3 is 5.97 Å². The highest BCUT2D eigenvalue weighted by molar-refractivity contribution is 5.94. The van der Waals surface area contributed by atoms with E-state index in [9.17, 15) is 4.79 Å². The zero-order valence-electron chi connectivity index (χ0n) is 9.73. The number of aryl methyl sites for hydroxylation is 1. The average Bonchev–Trinajstić information content (AvgIpc) is 3.01. The van der Waals surface area contributed by atoms with E-state index in [0.717, 1.165) is 23.7 Å². The monoisotopic (exact) mass is 219 g/mol. The minimum atomic E-state index is -0.849. The zero-order chi connectivity index (χ0) is 11.7. The highest BCUT2D eigenvalue weighted by Crippen LogP contribution is 2.32. The summed E-state index contributed by atoms with van der Waals surface area (Å²) < 4.78 is 0. The molecule has 0 aromatic heterocycles. The minimum Gasteiger partial charge on any atom is -0.478 e. The molecule has 1 aliphatic carbocycles. The Morgan fingerprint density at radius 2 is 2.19 bits per heavy atom. The Balaban J connectivity index is 2.27. The number of hydrogen-bond acceptors (Lipinski definition) is 2. The van der Waals surface area contributed by atoms with Crippen LogP contribution in [0.15, 0.2) is 18.2 Å². The van der Waals surface area contributed by atoms with Crippen LogP contribution < -0.4 is 4.90 Å². The van der Waals surface area contributed by atoms with E-state index in [-0.39, 0.29) is 0 Å². The van der Waals surface area contributed by atoms with E-state index in [1.165, 1.54) is 12.8 Å². The highest BCUT2D eigenvalue weighted by atomic mass is 16.4.